The van der Waals surface area contributed by atoms with Crippen LogP contribution in [0.25, 0.3) is 11.0 Å². The minimum absolute atomic E-state index is 0.0211. The predicted molar refractivity (Wildman–Crippen MR) is 109 cm³/mol. The van der Waals surface area contributed by atoms with Gasteiger partial charge in [-0.3, -0.25) is 10.1 Å². The Morgan fingerprint density at radius 2 is 1.52 bits per heavy atom. The lowest BCUT2D eigenvalue weighted by Crippen LogP contribution is -2.16. The average molecular weight is 407 g/mol. The third kappa shape index (κ3) is 3.62. The first kappa shape index (κ1) is 18.8. The van der Waals surface area contributed by atoms with Crippen molar-refractivity contribution >= 4 is 26.7 Å². The number of non-ortho nitro benzene ring substituents is 1. The van der Waals surface area contributed by atoms with Crippen LogP contribution in [0.4, 0.5) is 5.69 Å². The van der Waals surface area contributed by atoms with Gasteiger partial charge < -0.3 is 0 Å². The van der Waals surface area contributed by atoms with E-state index in [1.807, 2.05) is 30.3 Å². The van der Waals surface area contributed by atoms with Crippen LogP contribution in [0.1, 0.15) is 11.4 Å². The number of benzene rings is 3. The molecule has 0 bridgehead atoms. The molecule has 146 valence electrons. The molecule has 0 amide bonds. The van der Waals surface area contributed by atoms with Crippen molar-refractivity contribution in [2.75, 3.05) is 0 Å². The summed E-state index contributed by atoms with van der Waals surface area (Å²) in [5.74, 6) is 0.424. The molecular weight excluding hydrogens is 390 g/mol. The van der Waals surface area contributed by atoms with E-state index in [0.29, 0.717) is 29.7 Å². The number of nitro groups is 1. The van der Waals surface area contributed by atoms with E-state index >= 15 is 0 Å². The van der Waals surface area contributed by atoms with Crippen molar-refractivity contribution < 1.29 is 13.3 Å². The van der Waals surface area contributed by atoms with Crippen LogP contribution in [0.5, 0.6) is 0 Å². The SMILES string of the molecule is O=[N+]([O-])c1ccc(S(=O)(=O)n2c(CCc3ccccc3)nc3ccccc32)cc1. The number of imidazole rings is 1. The molecule has 0 saturated carbocycles. The quantitative estimate of drug-likeness (QED) is 0.356. The van der Waals surface area contributed by atoms with Crippen molar-refractivity contribution in [1.29, 1.82) is 0 Å². The molecule has 0 unspecified atom stereocenters. The minimum Gasteiger partial charge on any atom is -0.258 e. The number of aromatic nitrogens is 2. The van der Waals surface area contributed by atoms with Gasteiger partial charge >= 0.3 is 0 Å². The Balaban J connectivity index is 1.79. The Hall–Kier alpha value is -3.52. The summed E-state index contributed by atoms with van der Waals surface area (Å²) in [6, 6.07) is 21.7. The highest BCUT2D eigenvalue weighted by atomic mass is 32.2. The molecule has 4 aromatic rings. The Kier molecular flexibility index (Phi) is 4.85. The lowest BCUT2D eigenvalue weighted by Gasteiger charge is -2.11. The number of rotatable bonds is 6. The maximum absolute atomic E-state index is 13.4. The molecule has 0 atom stereocenters. The van der Waals surface area contributed by atoms with Gasteiger partial charge in [0.2, 0.25) is 0 Å². The maximum atomic E-state index is 13.4. The van der Waals surface area contributed by atoms with Gasteiger partial charge in [-0.15, -0.1) is 0 Å². The molecule has 0 radical (unpaired) electrons. The molecular formula is C21H17N3O4S. The van der Waals surface area contributed by atoms with Gasteiger partial charge in [-0.2, -0.15) is 0 Å². The zero-order chi connectivity index (χ0) is 20.4. The fourth-order valence-electron chi connectivity index (χ4n) is 3.23. The topological polar surface area (TPSA) is 95.1 Å². The minimum atomic E-state index is -3.97. The Morgan fingerprint density at radius 1 is 0.862 bits per heavy atom. The number of nitrogens with zero attached hydrogens (tertiary/aromatic N) is 3. The fourth-order valence-corrected chi connectivity index (χ4v) is 4.74. The zero-order valence-electron chi connectivity index (χ0n) is 15.3. The Labute approximate surface area is 167 Å². The van der Waals surface area contributed by atoms with Crippen LogP contribution in [-0.2, 0) is 22.9 Å². The molecule has 4 rings (SSSR count). The van der Waals surface area contributed by atoms with E-state index in [0.717, 1.165) is 5.56 Å². The summed E-state index contributed by atoms with van der Waals surface area (Å²) >= 11 is 0. The van der Waals surface area contributed by atoms with Crippen LogP contribution < -0.4 is 0 Å². The number of aryl methyl sites for hydroxylation is 2. The number of para-hydroxylation sites is 2. The molecule has 1 aromatic heterocycles. The molecule has 0 spiro atoms. The van der Waals surface area contributed by atoms with Gasteiger partial charge in [0.15, 0.2) is 0 Å². The highest BCUT2D eigenvalue weighted by molar-refractivity contribution is 7.90. The van der Waals surface area contributed by atoms with E-state index in [1.54, 1.807) is 24.3 Å². The normalized spacial score (nSPS) is 11.6. The van der Waals surface area contributed by atoms with Gasteiger partial charge in [-0.1, -0.05) is 42.5 Å². The Morgan fingerprint density at radius 3 is 2.21 bits per heavy atom. The van der Waals surface area contributed by atoms with Crippen LogP contribution in [0.3, 0.4) is 0 Å². The summed E-state index contributed by atoms with van der Waals surface area (Å²) < 4.78 is 28.0. The van der Waals surface area contributed by atoms with Crippen LogP contribution in [-0.4, -0.2) is 22.3 Å². The maximum Gasteiger partial charge on any atom is 0.269 e. The van der Waals surface area contributed by atoms with Crippen molar-refractivity contribution in [1.82, 2.24) is 8.96 Å². The van der Waals surface area contributed by atoms with Gasteiger partial charge in [-0.05, 0) is 36.2 Å². The number of hydrogen-bond acceptors (Lipinski definition) is 5. The lowest BCUT2D eigenvalue weighted by molar-refractivity contribution is -0.384. The second-order valence-electron chi connectivity index (χ2n) is 6.52. The molecule has 0 aliphatic carbocycles. The van der Waals surface area contributed by atoms with E-state index in [9.17, 15) is 18.5 Å². The molecule has 3 aromatic carbocycles. The first-order chi connectivity index (χ1) is 14.0. The van der Waals surface area contributed by atoms with Gasteiger partial charge in [0, 0.05) is 18.6 Å². The summed E-state index contributed by atoms with van der Waals surface area (Å²) in [6.45, 7) is 0. The average Bonchev–Trinajstić information content (AvgIpc) is 3.12. The molecule has 0 aliphatic heterocycles. The molecule has 0 aliphatic rings. The molecule has 7 nitrogen and oxygen atoms in total. The van der Waals surface area contributed by atoms with Crippen LogP contribution >= 0.6 is 0 Å². The van der Waals surface area contributed by atoms with Gasteiger partial charge in [-0.25, -0.2) is 17.4 Å². The highest BCUT2D eigenvalue weighted by Gasteiger charge is 2.24. The zero-order valence-corrected chi connectivity index (χ0v) is 16.1. The Bertz CT molecular complexity index is 1280. The van der Waals surface area contributed by atoms with Crippen molar-refractivity contribution in [3.8, 4) is 0 Å². The molecule has 8 heteroatoms. The molecule has 1 heterocycles. The van der Waals surface area contributed by atoms with E-state index in [4.69, 9.17) is 0 Å². The van der Waals surface area contributed by atoms with Crippen LogP contribution in [0.2, 0.25) is 0 Å². The first-order valence-electron chi connectivity index (χ1n) is 8.97. The van der Waals surface area contributed by atoms with Crippen molar-refractivity contribution in [2.24, 2.45) is 0 Å². The van der Waals surface area contributed by atoms with Gasteiger partial charge in [0.05, 0.1) is 20.9 Å². The van der Waals surface area contributed by atoms with Gasteiger partial charge in [0.25, 0.3) is 15.7 Å². The van der Waals surface area contributed by atoms with Crippen LogP contribution in [0, 0.1) is 10.1 Å². The summed E-state index contributed by atoms with van der Waals surface area (Å²) in [5.41, 5.74) is 1.98. The van der Waals surface area contributed by atoms with E-state index in [2.05, 4.69) is 4.98 Å². The number of hydrogen-bond donors (Lipinski definition) is 0. The lowest BCUT2D eigenvalue weighted by atomic mass is 10.1. The summed E-state index contributed by atoms with van der Waals surface area (Å²) in [4.78, 5) is 14.8. The van der Waals surface area contributed by atoms with Crippen molar-refractivity contribution in [3.05, 3.63) is 100 Å². The van der Waals surface area contributed by atoms with Crippen LogP contribution in [0.15, 0.2) is 83.8 Å². The summed E-state index contributed by atoms with van der Waals surface area (Å²) in [7, 11) is -3.97. The summed E-state index contributed by atoms with van der Waals surface area (Å²) in [5, 5.41) is 10.9. The number of nitro benzene ring substituents is 1. The number of fused-ring (bicyclic) bond motifs is 1. The molecule has 29 heavy (non-hydrogen) atoms. The smallest absolute Gasteiger partial charge is 0.258 e. The standard InChI is InChI=1S/C21H17N3O4S/c25-24(26)17-11-13-18(14-12-17)29(27,28)23-20-9-5-4-8-19(20)22-21(23)15-10-16-6-2-1-3-7-16/h1-9,11-14H,10,15H2. The molecule has 0 N–H and O–H groups in total. The van der Waals surface area contributed by atoms with Crippen molar-refractivity contribution in [2.45, 2.75) is 17.7 Å². The predicted octanol–water partition coefficient (Wildman–Crippen LogP) is 3.97. The third-order valence-corrected chi connectivity index (χ3v) is 6.41. The summed E-state index contributed by atoms with van der Waals surface area (Å²) in [6.07, 6.45) is 1.07. The highest BCUT2D eigenvalue weighted by Crippen LogP contribution is 2.25. The molecule has 0 fully saturated rings. The van der Waals surface area contributed by atoms with E-state index in [1.165, 1.54) is 28.2 Å². The van der Waals surface area contributed by atoms with Gasteiger partial charge in [0.1, 0.15) is 5.82 Å². The van der Waals surface area contributed by atoms with E-state index < -0.39 is 14.9 Å². The third-order valence-electron chi connectivity index (χ3n) is 4.65. The fraction of sp³-hybridized carbons (Fsp3) is 0.0952. The van der Waals surface area contributed by atoms with Crippen molar-refractivity contribution in [3.63, 3.8) is 0 Å². The van der Waals surface area contributed by atoms with E-state index in [-0.39, 0.29) is 10.6 Å². The second kappa shape index (κ2) is 7.48. The second-order valence-corrected chi connectivity index (χ2v) is 8.31. The molecule has 0 saturated heterocycles. The first-order valence-corrected chi connectivity index (χ1v) is 10.4. The monoisotopic (exact) mass is 407 g/mol. The largest absolute Gasteiger partial charge is 0.269 e.